The highest BCUT2D eigenvalue weighted by atomic mass is 32.2. The second-order valence-electron chi connectivity index (χ2n) is 8.55. The van der Waals surface area contributed by atoms with Gasteiger partial charge in [-0.2, -0.15) is 5.10 Å². The molecule has 0 amide bonds. The minimum absolute atomic E-state index is 0.209. The van der Waals surface area contributed by atoms with E-state index >= 15 is 0 Å². The van der Waals surface area contributed by atoms with Crippen LogP contribution >= 0.6 is 11.8 Å². The molecule has 152 valence electrons. The van der Waals surface area contributed by atoms with Gasteiger partial charge >= 0.3 is 0 Å². The fraction of sp³-hybridized carbons (Fsp3) is 0.478. The van der Waals surface area contributed by atoms with Crippen molar-refractivity contribution in [3.63, 3.8) is 0 Å². The molecule has 2 aromatic rings. The van der Waals surface area contributed by atoms with Gasteiger partial charge < -0.3 is 9.80 Å². The molecule has 0 bridgehead atoms. The topological polar surface area (TPSA) is 43.8 Å². The van der Waals surface area contributed by atoms with Crippen LogP contribution in [0.4, 0.5) is 0 Å². The van der Waals surface area contributed by atoms with Crippen molar-refractivity contribution in [3.8, 4) is 0 Å². The number of pyridine rings is 1. The van der Waals surface area contributed by atoms with Gasteiger partial charge in [0.15, 0.2) is 11.3 Å². The number of amidine groups is 1. The maximum Gasteiger partial charge on any atom is 0.164 e. The van der Waals surface area contributed by atoms with Crippen molar-refractivity contribution < 1.29 is 0 Å². The predicted octanol–water partition coefficient (Wildman–Crippen LogP) is 3.56. The molecule has 1 spiro atoms. The number of hydrogen-bond acceptors (Lipinski definition) is 6. The van der Waals surface area contributed by atoms with Gasteiger partial charge in [0.2, 0.25) is 0 Å². The Kier molecular flexibility index (Phi) is 5.22. The molecule has 3 atom stereocenters. The average molecular weight is 408 g/mol. The van der Waals surface area contributed by atoms with Crippen molar-refractivity contribution in [2.75, 3.05) is 32.4 Å². The normalized spacial score (nSPS) is 28.6. The molecule has 6 heteroatoms. The van der Waals surface area contributed by atoms with Crippen LogP contribution < -0.4 is 5.43 Å². The summed E-state index contributed by atoms with van der Waals surface area (Å²) in [6, 6.07) is 15.1. The summed E-state index contributed by atoms with van der Waals surface area (Å²) in [5.41, 5.74) is 6.66. The molecular formula is C23H29N5S. The Balaban J connectivity index is 1.04. The molecule has 1 aromatic carbocycles. The molecule has 2 aliphatic heterocycles. The Morgan fingerprint density at radius 3 is 2.93 bits per heavy atom. The van der Waals surface area contributed by atoms with Gasteiger partial charge in [-0.25, -0.2) is 0 Å². The molecule has 1 N–H and O–H groups in total. The lowest BCUT2D eigenvalue weighted by Crippen LogP contribution is -2.35. The zero-order valence-electron chi connectivity index (χ0n) is 17.0. The third kappa shape index (κ3) is 3.88. The van der Waals surface area contributed by atoms with Gasteiger partial charge in [0, 0.05) is 31.5 Å². The number of aromatic nitrogens is 1. The van der Waals surface area contributed by atoms with Gasteiger partial charge in [0.05, 0.1) is 0 Å². The van der Waals surface area contributed by atoms with Crippen LogP contribution in [0.15, 0.2) is 60.0 Å². The predicted molar refractivity (Wildman–Crippen MR) is 120 cm³/mol. The molecule has 29 heavy (non-hydrogen) atoms. The molecule has 5 nitrogen and oxygen atoms in total. The lowest BCUT2D eigenvalue weighted by atomic mass is 9.98. The highest BCUT2D eigenvalue weighted by Crippen LogP contribution is 2.63. The van der Waals surface area contributed by atoms with E-state index in [0.29, 0.717) is 5.41 Å². The number of benzene rings is 1. The Bertz CT molecular complexity index is 858. The molecule has 1 saturated carbocycles. The summed E-state index contributed by atoms with van der Waals surface area (Å²) in [5, 5.41) is 4.51. The molecule has 1 unspecified atom stereocenters. The summed E-state index contributed by atoms with van der Waals surface area (Å²) in [7, 11) is 2.10. The summed E-state index contributed by atoms with van der Waals surface area (Å²) >= 11 is 1.94. The third-order valence-electron chi connectivity index (χ3n) is 6.64. The number of thioether (sulfide) groups is 1. The van der Waals surface area contributed by atoms with E-state index in [4.69, 9.17) is 0 Å². The summed E-state index contributed by atoms with van der Waals surface area (Å²) in [6.45, 7) is 3.76. The van der Waals surface area contributed by atoms with Crippen LogP contribution in [0.25, 0.3) is 0 Å². The van der Waals surface area contributed by atoms with E-state index in [1.54, 1.807) is 11.8 Å². The van der Waals surface area contributed by atoms with E-state index in [1.807, 2.05) is 24.0 Å². The van der Waals surface area contributed by atoms with E-state index in [1.165, 1.54) is 38.9 Å². The molecule has 0 radical (unpaired) electrons. The van der Waals surface area contributed by atoms with Crippen LogP contribution in [0, 0.1) is 5.41 Å². The lowest BCUT2D eigenvalue weighted by molar-refractivity contribution is 0.319. The standard InChI is InChI=1S/C23H29N5S/c1-27-21(19-9-5-11-24-16-19)25-26-22(27)29-14-6-12-28-13-10-23(17-28)15-20(23)18-7-3-2-4-8-18/h2-5,7-9,11,16,20,22,26H,6,10,12-15,17H2,1H3/t20-,22?,23+/m1/s1. The average Bonchev–Trinajstić information content (AvgIpc) is 3.11. The van der Waals surface area contributed by atoms with E-state index in [2.05, 4.69) is 68.8 Å². The van der Waals surface area contributed by atoms with Crippen molar-refractivity contribution >= 4 is 17.6 Å². The summed E-state index contributed by atoms with van der Waals surface area (Å²) in [6.07, 6.45) is 7.64. The smallest absolute Gasteiger partial charge is 0.164 e. The maximum atomic E-state index is 4.51. The molecular weight excluding hydrogens is 378 g/mol. The van der Waals surface area contributed by atoms with Crippen LogP contribution in [0.5, 0.6) is 0 Å². The van der Waals surface area contributed by atoms with Crippen molar-refractivity contribution in [2.24, 2.45) is 10.5 Å². The lowest BCUT2D eigenvalue weighted by Gasteiger charge is -2.22. The largest absolute Gasteiger partial charge is 0.328 e. The number of nitrogens with zero attached hydrogens (tertiary/aromatic N) is 4. The third-order valence-corrected chi connectivity index (χ3v) is 7.90. The number of hydrogen-bond donors (Lipinski definition) is 1. The zero-order chi connectivity index (χ0) is 19.7. The Labute approximate surface area is 177 Å². The fourth-order valence-electron chi connectivity index (χ4n) is 4.92. The van der Waals surface area contributed by atoms with Crippen LogP contribution in [0.2, 0.25) is 0 Å². The maximum absolute atomic E-state index is 4.51. The van der Waals surface area contributed by atoms with Crippen LogP contribution in [0.3, 0.4) is 0 Å². The van der Waals surface area contributed by atoms with E-state index < -0.39 is 0 Å². The highest BCUT2D eigenvalue weighted by molar-refractivity contribution is 7.99. The monoisotopic (exact) mass is 407 g/mol. The highest BCUT2D eigenvalue weighted by Gasteiger charge is 2.57. The van der Waals surface area contributed by atoms with Gasteiger partial charge in [-0.3, -0.25) is 10.4 Å². The number of likely N-dealkylation sites (tertiary alicyclic amines) is 1. The fourth-order valence-corrected chi connectivity index (χ4v) is 5.89. The van der Waals surface area contributed by atoms with Gasteiger partial charge in [-0.15, -0.1) is 11.8 Å². The second-order valence-corrected chi connectivity index (χ2v) is 9.74. The van der Waals surface area contributed by atoms with Gasteiger partial charge in [-0.05, 0) is 67.1 Å². The number of nitrogens with one attached hydrogen (secondary N) is 1. The van der Waals surface area contributed by atoms with Gasteiger partial charge in [0.25, 0.3) is 0 Å². The SMILES string of the molecule is CN1C(c2cccnc2)=NNC1SCCCN1CC[C@]2(C[C@@H]2c2ccccc2)C1. The van der Waals surface area contributed by atoms with E-state index in [9.17, 15) is 0 Å². The minimum Gasteiger partial charge on any atom is -0.328 e. The minimum atomic E-state index is 0.209. The summed E-state index contributed by atoms with van der Waals surface area (Å²) < 4.78 is 0. The van der Waals surface area contributed by atoms with Crippen LogP contribution in [-0.4, -0.2) is 58.6 Å². The van der Waals surface area contributed by atoms with Crippen molar-refractivity contribution in [1.29, 1.82) is 0 Å². The first-order valence-corrected chi connectivity index (χ1v) is 11.7. The van der Waals surface area contributed by atoms with Crippen LogP contribution in [-0.2, 0) is 0 Å². The van der Waals surface area contributed by atoms with Crippen molar-refractivity contribution in [1.82, 2.24) is 20.2 Å². The number of rotatable bonds is 7. The Morgan fingerprint density at radius 2 is 2.10 bits per heavy atom. The first-order chi connectivity index (χ1) is 14.3. The molecule has 1 aliphatic carbocycles. The molecule has 3 aliphatic rings. The second kappa shape index (κ2) is 8.00. The molecule has 2 fully saturated rings. The first kappa shape index (κ1) is 18.9. The molecule has 5 rings (SSSR count). The van der Waals surface area contributed by atoms with Gasteiger partial charge in [0.1, 0.15) is 0 Å². The van der Waals surface area contributed by atoms with Crippen LogP contribution in [0.1, 0.15) is 36.3 Å². The van der Waals surface area contributed by atoms with E-state index in [-0.39, 0.29) is 5.50 Å². The summed E-state index contributed by atoms with van der Waals surface area (Å²) in [5.74, 6) is 2.91. The summed E-state index contributed by atoms with van der Waals surface area (Å²) in [4.78, 5) is 9.10. The zero-order valence-corrected chi connectivity index (χ0v) is 17.8. The Hall–Kier alpha value is -2.05. The Morgan fingerprint density at radius 1 is 1.21 bits per heavy atom. The quantitative estimate of drug-likeness (QED) is 0.711. The van der Waals surface area contributed by atoms with Crippen molar-refractivity contribution in [2.45, 2.75) is 30.7 Å². The van der Waals surface area contributed by atoms with E-state index in [0.717, 1.165) is 23.1 Å². The molecule has 3 heterocycles. The van der Waals surface area contributed by atoms with Crippen molar-refractivity contribution in [3.05, 3.63) is 66.0 Å². The molecule has 1 saturated heterocycles. The number of hydrazone groups is 1. The molecule has 1 aromatic heterocycles. The first-order valence-electron chi connectivity index (χ1n) is 10.6. The van der Waals surface area contributed by atoms with Gasteiger partial charge in [-0.1, -0.05) is 30.3 Å².